The minimum atomic E-state index is -0.689. The Morgan fingerprint density at radius 3 is 1.59 bits per heavy atom. The van der Waals surface area contributed by atoms with E-state index in [1.807, 2.05) is 13.8 Å². The average molecular weight is 243 g/mol. The van der Waals surface area contributed by atoms with Gasteiger partial charge in [-0.05, 0) is 37.8 Å². The number of hydrogen-bond acceptors (Lipinski definition) is 2. The number of carboxylic acid groups (broad SMARTS) is 1. The van der Waals surface area contributed by atoms with Gasteiger partial charge < -0.3 is 5.11 Å². The molecule has 0 aliphatic carbocycles. The molecular formula is C14H29NO2. The largest absolute Gasteiger partial charge is 0.480 e. The molecule has 0 bridgehead atoms. The molecule has 17 heavy (non-hydrogen) atoms. The van der Waals surface area contributed by atoms with E-state index in [1.54, 1.807) is 0 Å². The Labute approximate surface area is 106 Å². The summed E-state index contributed by atoms with van der Waals surface area (Å²) in [5.74, 6) is 0.125. The second-order valence-electron chi connectivity index (χ2n) is 5.70. The molecule has 0 aromatic heterocycles. The van der Waals surface area contributed by atoms with Crippen LogP contribution in [0, 0.1) is 11.8 Å². The van der Waals surface area contributed by atoms with Crippen molar-refractivity contribution in [3.05, 3.63) is 0 Å². The van der Waals surface area contributed by atoms with Crippen LogP contribution in [0.2, 0.25) is 0 Å². The van der Waals surface area contributed by atoms with Crippen LogP contribution < -0.4 is 0 Å². The fraction of sp³-hybridized carbons (Fsp3) is 0.929. The third-order valence-corrected chi connectivity index (χ3v) is 3.26. The maximum Gasteiger partial charge on any atom is 0.324 e. The summed E-state index contributed by atoms with van der Waals surface area (Å²) < 4.78 is 0. The van der Waals surface area contributed by atoms with Crippen LogP contribution in [0.15, 0.2) is 0 Å². The zero-order chi connectivity index (χ0) is 13.6. The summed E-state index contributed by atoms with van der Waals surface area (Å²) in [6.45, 7) is 14.1. The lowest BCUT2D eigenvalue weighted by atomic mass is 9.80. The Balaban J connectivity index is 5.28. The van der Waals surface area contributed by atoms with Gasteiger partial charge in [0.2, 0.25) is 0 Å². The van der Waals surface area contributed by atoms with Crippen LogP contribution in [0.1, 0.15) is 54.4 Å². The van der Waals surface area contributed by atoms with E-state index in [9.17, 15) is 9.90 Å². The molecule has 0 spiro atoms. The second-order valence-corrected chi connectivity index (χ2v) is 5.70. The SMILES string of the molecule is CCN(CC)C(CC(C)C)(CC(C)C)C(=O)O. The molecule has 102 valence electrons. The number of hydrogen-bond donors (Lipinski definition) is 1. The van der Waals surface area contributed by atoms with Crippen molar-refractivity contribution in [2.24, 2.45) is 11.8 Å². The zero-order valence-electron chi connectivity index (χ0n) is 12.3. The summed E-state index contributed by atoms with van der Waals surface area (Å²) in [7, 11) is 0. The number of likely N-dealkylation sites (N-methyl/N-ethyl adjacent to an activating group) is 1. The van der Waals surface area contributed by atoms with Crippen LogP contribution in [-0.4, -0.2) is 34.6 Å². The Hall–Kier alpha value is -0.570. The van der Waals surface area contributed by atoms with E-state index < -0.39 is 11.5 Å². The minimum Gasteiger partial charge on any atom is -0.480 e. The third-order valence-electron chi connectivity index (χ3n) is 3.26. The van der Waals surface area contributed by atoms with Gasteiger partial charge in [0.15, 0.2) is 0 Å². The van der Waals surface area contributed by atoms with E-state index in [2.05, 4.69) is 32.6 Å². The Morgan fingerprint density at radius 1 is 1.06 bits per heavy atom. The highest BCUT2D eigenvalue weighted by Gasteiger charge is 2.43. The molecular weight excluding hydrogens is 214 g/mol. The van der Waals surface area contributed by atoms with Crippen molar-refractivity contribution in [1.29, 1.82) is 0 Å². The van der Waals surface area contributed by atoms with Crippen molar-refractivity contribution in [2.75, 3.05) is 13.1 Å². The molecule has 0 heterocycles. The molecule has 0 atom stereocenters. The van der Waals surface area contributed by atoms with E-state index in [4.69, 9.17) is 0 Å². The fourth-order valence-corrected chi connectivity index (χ4v) is 2.83. The van der Waals surface area contributed by atoms with Crippen LogP contribution in [0.25, 0.3) is 0 Å². The van der Waals surface area contributed by atoms with Crippen molar-refractivity contribution in [3.63, 3.8) is 0 Å². The van der Waals surface area contributed by atoms with Crippen molar-refractivity contribution >= 4 is 5.97 Å². The molecule has 0 radical (unpaired) electrons. The predicted molar refractivity (Wildman–Crippen MR) is 72.2 cm³/mol. The molecule has 0 fully saturated rings. The maximum absolute atomic E-state index is 11.8. The Bertz CT molecular complexity index is 222. The first-order valence-corrected chi connectivity index (χ1v) is 6.78. The first-order chi connectivity index (χ1) is 7.80. The normalized spacial score (nSPS) is 12.8. The van der Waals surface area contributed by atoms with Gasteiger partial charge in [-0.3, -0.25) is 9.69 Å². The first kappa shape index (κ1) is 16.4. The van der Waals surface area contributed by atoms with E-state index in [0.29, 0.717) is 11.8 Å². The first-order valence-electron chi connectivity index (χ1n) is 6.78. The van der Waals surface area contributed by atoms with E-state index in [1.165, 1.54) is 0 Å². The molecule has 3 heteroatoms. The molecule has 0 aromatic rings. The number of carbonyl (C=O) groups is 1. The lowest BCUT2D eigenvalue weighted by Crippen LogP contribution is -2.56. The topological polar surface area (TPSA) is 40.5 Å². The van der Waals surface area contributed by atoms with Gasteiger partial charge in [0.25, 0.3) is 0 Å². The standard InChI is InChI=1S/C14H29NO2/c1-7-15(8-2)14(13(16)17,9-11(3)4)10-12(5)6/h11-12H,7-10H2,1-6H3,(H,16,17). The van der Waals surface area contributed by atoms with Gasteiger partial charge in [-0.2, -0.15) is 0 Å². The molecule has 0 aliphatic rings. The molecule has 0 rings (SSSR count). The highest BCUT2D eigenvalue weighted by Crippen LogP contribution is 2.31. The second kappa shape index (κ2) is 7.00. The zero-order valence-corrected chi connectivity index (χ0v) is 12.3. The smallest absolute Gasteiger partial charge is 0.324 e. The van der Waals surface area contributed by atoms with Gasteiger partial charge in [-0.15, -0.1) is 0 Å². The van der Waals surface area contributed by atoms with Crippen molar-refractivity contribution in [3.8, 4) is 0 Å². The quantitative estimate of drug-likeness (QED) is 0.711. The van der Waals surface area contributed by atoms with Crippen LogP contribution in [-0.2, 0) is 4.79 Å². The number of aliphatic carboxylic acids is 1. The maximum atomic E-state index is 11.8. The summed E-state index contributed by atoms with van der Waals surface area (Å²) >= 11 is 0. The van der Waals surface area contributed by atoms with Crippen molar-refractivity contribution in [2.45, 2.75) is 59.9 Å². The third kappa shape index (κ3) is 4.30. The minimum absolute atomic E-state index is 0.394. The molecule has 0 saturated carbocycles. The van der Waals surface area contributed by atoms with Gasteiger partial charge in [0.1, 0.15) is 5.54 Å². The van der Waals surface area contributed by atoms with E-state index in [0.717, 1.165) is 25.9 Å². The highest BCUT2D eigenvalue weighted by molar-refractivity contribution is 5.78. The molecule has 1 N–H and O–H groups in total. The molecule has 0 amide bonds. The number of carboxylic acids is 1. The van der Waals surface area contributed by atoms with Gasteiger partial charge in [0, 0.05) is 0 Å². The number of rotatable bonds is 8. The van der Waals surface area contributed by atoms with Crippen molar-refractivity contribution in [1.82, 2.24) is 4.90 Å². The van der Waals surface area contributed by atoms with E-state index >= 15 is 0 Å². The number of nitrogens with zero attached hydrogens (tertiary/aromatic N) is 1. The summed E-state index contributed by atoms with van der Waals surface area (Å²) in [5.41, 5.74) is -0.689. The van der Waals surface area contributed by atoms with Crippen LogP contribution >= 0.6 is 0 Å². The summed E-state index contributed by atoms with van der Waals surface area (Å²) in [5, 5.41) is 9.71. The van der Waals surface area contributed by atoms with Gasteiger partial charge in [-0.1, -0.05) is 41.5 Å². The molecule has 0 saturated heterocycles. The molecule has 3 nitrogen and oxygen atoms in total. The monoisotopic (exact) mass is 243 g/mol. The lowest BCUT2D eigenvalue weighted by molar-refractivity contribution is -0.154. The molecule has 0 aliphatic heterocycles. The van der Waals surface area contributed by atoms with Crippen molar-refractivity contribution < 1.29 is 9.90 Å². The Morgan fingerprint density at radius 2 is 1.41 bits per heavy atom. The van der Waals surface area contributed by atoms with Gasteiger partial charge >= 0.3 is 5.97 Å². The average Bonchev–Trinajstić information content (AvgIpc) is 2.16. The molecule has 0 unspecified atom stereocenters. The summed E-state index contributed by atoms with van der Waals surface area (Å²) in [4.78, 5) is 13.9. The van der Waals surface area contributed by atoms with Gasteiger partial charge in [0.05, 0.1) is 0 Å². The van der Waals surface area contributed by atoms with Crippen LogP contribution in [0.3, 0.4) is 0 Å². The predicted octanol–water partition coefficient (Wildman–Crippen LogP) is 3.24. The summed E-state index contributed by atoms with van der Waals surface area (Å²) in [6.07, 6.45) is 1.45. The summed E-state index contributed by atoms with van der Waals surface area (Å²) in [6, 6.07) is 0. The Kier molecular flexibility index (Phi) is 6.76. The van der Waals surface area contributed by atoms with Crippen LogP contribution in [0.4, 0.5) is 0 Å². The fourth-order valence-electron chi connectivity index (χ4n) is 2.83. The molecule has 0 aromatic carbocycles. The lowest BCUT2D eigenvalue weighted by Gasteiger charge is -2.42. The van der Waals surface area contributed by atoms with E-state index in [-0.39, 0.29) is 0 Å². The van der Waals surface area contributed by atoms with Gasteiger partial charge in [-0.25, -0.2) is 0 Å². The highest BCUT2D eigenvalue weighted by atomic mass is 16.4. The van der Waals surface area contributed by atoms with Crippen LogP contribution in [0.5, 0.6) is 0 Å².